The zero-order valence-electron chi connectivity index (χ0n) is 6.42. The molecular weight excluding hydrogens is 157 g/mol. The number of nitriles is 1. The smallest absolute Gasteiger partial charge is 0.140 e. The minimum Gasteiger partial charge on any atom is -0.381 e. The first-order chi connectivity index (χ1) is 5.86. The van der Waals surface area contributed by atoms with Crippen LogP contribution in [-0.4, -0.2) is 18.2 Å². The van der Waals surface area contributed by atoms with E-state index in [4.69, 9.17) is 5.26 Å². The number of alkyl halides is 1. The summed E-state index contributed by atoms with van der Waals surface area (Å²) in [6, 6.07) is 5.18. The molecule has 1 rings (SSSR count). The van der Waals surface area contributed by atoms with Gasteiger partial charge in [0.1, 0.15) is 18.4 Å². The van der Waals surface area contributed by atoms with Crippen LogP contribution in [0.4, 0.5) is 10.1 Å². The summed E-state index contributed by atoms with van der Waals surface area (Å²) in [5.41, 5.74) is 1.09. The summed E-state index contributed by atoms with van der Waals surface area (Å²) in [7, 11) is 0. The molecule has 0 aromatic carbocycles. The van der Waals surface area contributed by atoms with Crippen molar-refractivity contribution in [3.05, 3.63) is 24.0 Å². The van der Waals surface area contributed by atoms with Crippen molar-refractivity contribution in [1.29, 1.82) is 5.26 Å². The van der Waals surface area contributed by atoms with Crippen LogP contribution in [0.15, 0.2) is 18.3 Å². The van der Waals surface area contributed by atoms with Crippen molar-refractivity contribution < 1.29 is 4.39 Å². The minimum absolute atomic E-state index is 0.271. The number of halogens is 1. The molecule has 0 saturated carbocycles. The third kappa shape index (κ3) is 2.20. The summed E-state index contributed by atoms with van der Waals surface area (Å²) < 4.78 is 11.7. The molecule has 0 amide bonds. The predicted octanol–water partition coefficient (Wildman–Crippen LogP) is 1.33. The molecule has 3 nitrogen and oxygen atoms in total. The van der Waals surface area contributed by atoms with E-state index in [1.54, 1.807) is 12.1 Å². The minimum atomic E-state index is -0.417. The second-order valence-electron chi connectivity index (χ2n) is 2.16. The molecule has 1 aromatic rings. The van der Waals surface area contributed by atoms with Gasteiger partial charge >= 0.3 is 0 Å². The molecule has 1 heterocycles. The number of pyridine rings is 1. The van der Waals surface area contributed by atoms with E-state index in [1.807, 2.05) is 6.07 Å². The molecule has 0 aliphatic rings. The van der Waals surface area contributed by atoms with E-state index in [0.717, 1.165) is 5.69 Å². The molecule has 0 spiro atoms. The van der Waals surface area contributed by atoms with Crippen molar-refractivity contribution >= 4 is 5.69 Å². The van der Waals surface area contributed by atoms with Gasteiger partial charge in [-0.3, -0.25) is 0 Å². The van der Waals surface area contributed by atoms with Crippen molar-refractivity contribution in [2.45, 2.75) is 0 Å². The van der Waals surface area contributed by atoms with Crippen molar-refractivity contribution in [2.75, 3.05) is 18.5 Å². The summed E-state index contributed by atoms with van der Waals surface area (Å²) in [5, 5.41) is 11.2. The van der Waals surface area contributed by atoms with Gasteiger partial charge in [0.05, 0.1) is 11.9 Å². The Kier molecular flexibility index (Phi) is 3.03. The lowest BCUT2D eigenvalue weighted by Crippen LogP contribution is -2.02. The lowest BCUT2D eigenvalue weighted by molar-refractivity contribution is 0.512. The van der Waals surface area contributed by atoms with Gasteiger partial charge in [0.15, 0.2) is 0 Å². The van der Waals surface area contributed by atoms with Crippen LogP contribution in [0.1, 0.15) is 5.69 Å². The highest BCUT2D eigenvalue weighted by Crippen LogP contribution is 2.04. The molecule has 1 N–H and O–H groups in total. The van der Waals surface area contributed by atoms with Crippen LogP contribution in [0.2, 0.25) is 0 Å². The number of aromatic nitrogens is 1. The third-order valence-electron chi connectivity index (χ3n) is 1.30. The molecule has 0 atom stereocenters. The van der Waals surface area contributed by atoms with Gasteiger partial charge in [-0.25, -0.2) is 9.37 Å². The first-order valence-electron chi connectivity index (χ1n) is 3.53. The van der Waals surface area contributed by atoms with E-state index < -0.39 is 6.67 Å². The van der Waals surface area contributed by atoms with Crippen molar-refractivity contribution in [3.8, 4) is 6.07 Å². The maximum Gasteiger partial charge on any atom is 0.140 e. The Labute approximate surface area is 69.9 Å². The molecule has 62 valence electrons. The highest BCUT2D eigenvalue weighted by Gasteiger charge is 1.92. The lowest BCUT2D eigenvalue weighted by atomic mass is 10.3. The number of nitrogens with zero attached hydrogens (tertiary/aromatic N) is 2. The first kappa shape index (κ1) is 8.47. The van der Waals surface area contributed by atoms with Gasteiger partial charge < -0.3 is 5.32 Å². The number of hydrogen-bond acceptors (Lipinski definition) is 3. The first-order valence-corrected chi connectivity index (χ1v) is 3.53. The SMILES string of the molecule is N#Cc1ccc(NCCF)cn1. The summed E-state index contributed by atoms with van der Waals surface area (Å²) in [5.74, 6) is 0. The fraction of sp³-hybridized carbons (Fsp3) is 0.250. The molecule has 12 heavy (non-hydrogen) atoms. The van der Waals surface area contributed by atoms with Crippen molar-refractivity contribution in [2.24, 2.45) is 0 Å². The maximum atomic E-state index is 11.7. The van der Waals surface area contributed by atoms with Crippen molar-refractivity contribution in [1.82, 2.24) is 4.98 Å². The van der Waals surface area contributed by atoms with E-state index in [1.165, 1.54) is 6.20 Å². The van der Waals surface area contributed by atoms with Gasteiger partial charge in [0, 0.05) is 6.54 Å². The van der Waals surface area contributed by atoms with Gasteiger partial charge in [-0.15, -0.1) is 0 Å². The van der Waals surface area contributed by atoms with Crippen LogP contribution in [0.3, 0.4) is 0 Å². The van der Waals surface area contributed by atoms with Crippen LogP contribution in [0.5, 0.6) is 0 Å². The zero-order chi connectivity index (χ0) is 8.81. The quantitative estimate of drug-likeness (QED) is 0.735. The Balaban J connectivity index is 2.60. The van der Waals surface area contributed by atoms with E-state index in [9.17, 15) is 4.39 Å². The molecule has 0 aliphatic carbocycles. The Morgan fingerprint density at radius 2 is 2.42 bits per heavy atom. The fourth-order valence-electron chi connectivity index (χ4n) is 0.756. The maximum absolute atomic E-state index is 11.7. The molecule has 0 fully saturated rings. The van der Waals surface area contributed by atoms with Crippen LogP contribution in [0.25, 0.3) is 0 Å². The van der Waals surface area contributed by atoms with E-state index in [2.05, 4.69) is 10.3 Å². The third-order valence-corrected chi connectivity index (χ3v) is 1.30. The highest BCUT2D eigenvalue weighted by atomic mass is 19.1. The standard InChI is InChI=1S/C8H8FN3/c9-3-4-11-8-2-1-7(5-10)12-6-8/h1-2,6,11H,3-4H2. The summed E-state index contributed by atoms with van der Waals surface area (Å²) in [4.78, 5) is 3.80. The topological polar surface area (TPSA) is 48.7 Å². The van der Waals surface area contributed by atoms with Crippen LogP contribution in [-0.2, 0) is 0 Å². The normalized spacial score (nSPS) is 9.00. The Hall–Kier alpha value is -1.63. The zero-order valence-corrected chi connectivity index (χ0v) is 6.42. The van der Waals surface area contributed by atoms with E-state index in [0.29, 0.717) is 5.69 Å². The van der Waals surface area contributed by atoms with Crippen LogP contribution < -0.4 is 5.32 Å². The van der Waals surface area contributed by atoms with Gasteiger partial charge in [0.2, 0.25) is 0 Å². The van der Waals surface area contributed by atoms with Gasteiger partial charge in [0.25, 0.3) is 0 Å². The Bertz CT molecular complexity index is 275. The second-order valence-corrected chi connectivity index (χ2v) is 2.16. The number of nitrogens with one attached hydrogen (secondary N) is 1. The number of hydrogen-bond donors (Lipinski definition) is 1. The number of anilines is 1. The van der Waals surface area contributed by atoms with Crippen LogP contribution >= 0.6 is 0 Å². The molecule has 0 radical (unpaired) electrons. The summed E-state index contributed by atoms with van der Waals surface area (Å²) >= 11 is 0. The average molecular weight is 165 g/mol. The second kappa shape index (κ2) is 4.29. The van der Waals surface area contributed by atoms with E-state index >= 15 is 0 Å². The Morgan fingerprint density at radius 1 is 1.58 bits per heavy atom. The largest absolute Gasteiger partial charge is 0.381 e. The van der Waals surface area contributed by atoms with Crippen molar-refractivity contribution in [3.63, 3.8) is 0 Å². The molecule has 0 aliphatic heterocycles. The highest BCUT2D eigenvalue weighted by molar-refractivity contribution is 5.42. The molecule has 0 bridgehead atoms. The van der Waals surface area contributed by atoms with Gasteiger partial charge in [-0.05, 0) is 12.1 Å². The molecular formula is C8H8FN3. The molecule has 0 unspecified atom stereocenters. The molecule has 0 saturated heterocycles. The van der Waals surface area contributed by atoms with Gasteiger partial charge in [-0.2, -0.15) is 5.26 Å². The van der Waals surface area contributed by atoms with Crippen LogP contribution in [0, 0.1) is 11.3 Å². The summed E-state index contributed by atoms with van der Waals surface area (Å²) in [6.45, 7) is -0.145. The van der Waals surface area contributed by atoms with E-state index in [-0.39, 0.29) is 6.54 Å². The molecule has 1 aromatic heterocycles. The fourth-order valence-corrected chi connectivity index (χ4v) is 0.756. The summed E-state index contributed by atoms with van der Waals surface area (Å²) in [6.07, 6.45) is 1.51. The predicted molar refractivity (Wildman–Crippen MR) is 43.4 cm³/mol. The lowest BCUT2D eigenvalue weighted by Gasteiger charge is -2.01. The Morgan fingerprint density at radius 3 is 2.92 bits per heavy atom. The molecule has 4 heteroatoms. The monoisotopic (exact) mass is 165 g/mol. The average Bonchev–Trinajstić information content (AvgIpc) is 2.15. The van der Waals surface area contributed by atoms with Gasteiger partial charge in [-0.1, -0.05) is 0 Å². The number of rotatable bonds is 3.